The Hall–Kier alpha value is -3.32. The van der Waals surface area contributed by atoms with Crippen molar-refractivity contribution < 1.29 is 14.6 Å². The Balaban J connectivity index is 1.88. The van der Waals surface area contributed by atoms with Gasteiger partial charge in [0.25, 0.3) is 0 Å². The zero-order valence-electron chi connectivity index (χ0n) is 17.4. The van der Waals surface area contributed by atoms with E-state index in [4.69, 9.17) is 14.9 Å². The molecule has 7 heteroatoms. The summed E-state index contributed by atoms with van der Waals surface area (Å²) in [5.41, 5.74) is 2.86. The second-order valence-electron chi connectivity index (χ2n) is 7.66. The highest BCUT2D eigenvalue weighted by atomic mass is 16.5. The largest absolute Gasteiger partial charge is 0.508 e. The van der Waals surface area contributed by atoms with Crippen LogP contribution >= 0.6 is 0 Å². The van der Waals surface area contributed by atoms with Crippen LogP contribution in [0.3, 0.4) is 0 Å². The SMILES string of the molecule is COc1ccccc1[C@H]1c2ccc(O)cc2Oc2ncn(CCCN(C)C)c(=N)c21. The smallest absolute Gasteiger partial charge is 0.228 e. The number of nitrogens with one attached hydrogen (secondary N) is 1. The summed E-state index contributed by atoms with van der Waals surface area (Å²) in [7, 11) is 5.72. The van der Waals surface area contributed by atoms with Crippen molar-refractivity contribution in [3.63, 3.8) is 0 Å². The van der Waals surface area contributed by atoms with Crippen LogP contribution in [0.5, 0.6) is 23.1 Å². The maximum atomic E-state index is 9.96. The van der Waals surface area contributed by atoms with Crippen molar-refractivity contribution >= 4 is 0 Å². The second-order valence-corrected chi connectivity index (χ2v) is 7.66. The fourth-order valence-electron chi connectivity index (χ4n) is 3.91. The summed E-state index contributed by atoms with van der Waals surface area (Å²) in [6.07, 6.45) is 2.57. The van der Waals surface area contributed by atoms with E-state index >= 15 is 0 Å². The molecule has 4 rings (SSSR count). The van der Waals surface area contributed by atoms with Crippen molar-refractivity contribution in [3.8, 4) is 23.1 Å². The van der Waals surface area contributed by atoms with Gasteiger partial charge < -0.3 is 24.0 Å². The molecule has 0 bridgehead atoms. The van der Waals surface area contributed by atoms with Crippen LogP contribution in [-0.2, 0) is 6.54 Å². The summed E-state index contributed by atoms with van der Waals surface area (Å²) in [4.78, 5) is 6.65. The normalized spacial score (nSPS) is 14.7. The van der Waals surface area contributed by atoms with E-state index in [1.165, 1.54) is 0 Å². The molecule has 1 atom stereocenters. The van der Waals surface area contributed by atoms with E-state index < -0.39 is 0 Å². The third-order valence-electron chi connectivity index (χ3n) is 5.34. The number of aromatic hydroxyl groups is 1. The van der Waals surface area contributed by atoms with Crippen LogP contribution in [0.4, 0.5) is 0 Å². The number of benzene rings is 2. The molecule has 156 valence electrons. The lowest BCUT2D eigenvalue weighted by Gasteiger charge is -2.29. The zero-order chi connectivity index (χ0) is 21.3. The molecule has 0 saturated heterocycles. The van der Waals surface area contributed by atoms with Gasteiger partial charge in [0.15, 0.2) is 0 Å². The van der Waals surface area contributed by atoms with Crippen LogP contribution in [-0.4, -0.2) is 47.3 Å². The van der Waals surface area contributed by atoms with Gasteiger partial charge in [0.1, 0.15) is 29.1 Å². The number of aromatic nitrogens is 2. The fourth-order valence-corrected chi connectivity index (χ4v) is 3.91. The first kappa shape index (κ1) is 20.0. The minimum Gasteiger partial charge on any atom is -0.508 e. The summed E-state index contributed by atoms with van der Waals surface area (Å²) in [5, 5.41) is 18.9. The zero-order valence-corrected chi connectivity index (χ0v) is 17.4. The summed E-state index contributed by atoms with van der Waals surface area (Å²) < 4.78 is 13.5. The predicted octanol–water partition coefficient (Wildman–Crippen LogP) is 3.31. The second kappa shape index (κ2) is 8.20. The molecule has 7 nitrogen and oxygen atoms in total. The van der Waals surface area contributed by atoms with Gasteiger partial charge in [0.05, 0.1) is 18.6 Å². The fraction of sp³-hybridized carbons (Fsp3) is 0.304. The first-order valence-corrected chi connectivity index (χ1v) is 9.92. The van der Waals surface area contributed by atoms with Gasteiger partial charge in [-0.15, -0.1) is 0 Å². The number of nitrogens with zero attached hydrogens (tertiary/aromatic N) is 3. The molecule has 0 saturated carbocycles. The summed E-state index contributed by atoms with van der Waals surface area (Å²) in [6, 6.07) is 12.9. The van der Waals surface area contributed by atoms with E-state index in [0.717, 1.165) is 29.8 Å². The molecule has 3 aromatic rings. The van der Waals surface area contributed by atoms with E-state index in [1.54, 1.807) is 25.6 Å². The minimum absolute atomic E-state index is 0.122. The summed E-state index contributed by atoms with van der Waals surface area (Å²) >= 11 is 0. The number of ether oxygens (including phenoxy) is 2. The van der Waals surface area contributed by atoms with Crippen LogP contribution in [0.2, 0.25) is 0 Å². The van der Waals surface area contributed by atoms with Gasteiger partial charge in [-0.3, -0.25) is 5.41 Å². The van der Waals surface area contributed by atoms with E-state index in [0.29, 0.717) is 29.2 Å². The van der Waals surface area contributed by atoms with Gasteiger partial charge in [-0.1, -0.05) is 24.3 Å². The Bertz CT molecular complexity index is 1120. The van der Waals surface area contributed by atoms with E-state index in [-0.39, 0.29) is 11.7 Å². The van der Waals surface area contributed by atoms with Gasteiger partial charge in [0.2, 0.25) is 5.88 Å². The highest BCUT2D eigenvalue weighted by Crippen LogP contribution is 2.47. The lowest BCUT2D eigenvalue weighted by Crippen LogP contribution is -2.30. The molecule has 0 radical (unpaired) electrons. The Morgan fingerprint density at radius 1 is 1.20 bits per heavy atom. The van der Waals surface area contributed by atoms with Crippen LogP contribution < -0.4 is 15.0 Å². The summed E-state index contributed by atoms with van der Waals surface area (Å²) in [5.74, 6) is 1.49. The molecular formula is C23H26N4O3. The van der Waals surface area contributed by atoms with Gasteiger partial charge in [-0.25, -0.2) is 4.98 Å². The number of rotatable bonds is 6. The molecule has 0 aliphatic carbocycles. The highest BCUT2D eigenvalue weighted by Gasteiger charge is 2.33. The van der Waals surface area contributed by atoms with Gasteiger partial charge >= 0.3 is 0 Å². The average Bonchev–Trinajstić information content (AvgIpc) is 2.73. The molecule has 30 heavy (non-hydrogen) atoms. The number of fused-ring (bicyclic) bond motifs is 2. The van der Waals surface area contributed by atoms with Crippen LogP contribution in [0.25, 0.3) is 0 Å². The molecule has 1 aromatic heterocycles. The number of methoxy groups -OCH3 is 1. The Labute approximate surface area is 175 Å². The topological polar surface area (TPSA) is 83.6 Å². The molecule has 0 unspecified atom stereocenters. The molecular weight excluding hydrogens is 380 g/mol. The molecule has 1 aliphatic heterocycles. The number of phenols is 1. The Morgan fingerprint density at radius 3 is 2.77 bits per heavy atom. The number of hydrogen-bond donors (Lipinski definition) is 2. The first-order valence-electron chi connectivity index (χ1n) is 9.92. The quantitative estimate of drug-likeness (QED) is 0.513. The lowest BCUT2D eigenvalue weighted by atomic mass is 9.83. The molecule has 1 aliphatic rings. The van der Waals surface area contributed by atoms with Gasteiger partial charge in [-0.2, -0.15) is 0 Å². The summed E-state index contributed by atoms with van der Waals surface area (Å²) in [6.45, 7) is 1.62. The minimum atomic E-state index is -0.290. The van der Waals surface area contributed by atoms with E-state index in [2.05, 4.69) is 9.88 Å². The van der Waals surface area contributed by atoms with Crippen molar-refractivity contribution in [1.29, 1.82) is 5.41 Å². The maximum Gasteiger partial charge on any atom is 0.228 e. The van der Waals surface area contributed by atoms with Crippen molar-refractivity contribution in [2.75, 3.05) is 27.7 Å². The standard InChI is InChI=1S/C23H26N4O3/c1-26(2)11-6-12-27-14-25-23-21(22(27)24)20(16-7-4-5-8-18(16)29-3)17-10-9-15(28)13-19(17)30-23/h4-5,7-10,13-14,20,24,28H,6,11-12H2,1-3H3/t20-/m0/s1. The number of para-hydroxylation sites is 1. The van der Waals surface area contributed by atoms with Crippen molar-refractivity contribution in [2.45, 2.75) is 18.9 Å². The van der Waals surface area contributed by atoms with Crippen LogP contribution in [0.1, 0.15) is 29.0 Å². The third-order valence-corrected chi connectivity index (χ3v) is 5.34. The van der Waals surface area contributed by atoms with Crippen LogP contribution in [0.15, 0.2) is 48.8 Å². The first-order chi connectivity index (χ1) is 14.5. The molecule has 2 aromatic carbocycles. The average molecular weight is 406 g/mol. The number of aryl methyl sites for hydroxylation is 1. The van der Waals surface area contributed by atoms with Gasteiger partial charge in [-0.05, 0) is 39.2 Å². The van der Waals surface area contributed by atoms with E-state index in [9.17, 15) is 5.11 Å². The monoisotopic (exact) mass is 406 g/mol. The third kappa shape index (κ3) is 3.64. The predicted molar refractivity (Wildman–Crippen MR) is 113 cm³/mol. The molecule has 0 amide bonds. The Kier molecular flexibility index (Phi) is 5.46. The maximum absolute atomic E-state index is 9.96. The number of hydrogen-bond acceptors (Lipinski definition) is 6. The van der Waals surface area contributed by atoms with E-state index in [1.807, 2.05) is 49.0 Å². The lowest BCUT2D eigenvalue weighted by molar-refractivity contribution is 0.377. The molecule has 0 spiro atoms. The highest BCUT2D eigenvalue weighted by molar-refractivity contribution is 5.59. The van der Waals surface area contributed by atoms with Crippen LogP contribution in [0, 0.1) is 5.41 Å². The molecule has 0 fully saturated rings. The number of phenolic OH excluding ortho intramolecular Hbond substituents is 1. The molecule has 2 N–H and O–H groups in total. The van der Waals surface area contributed by atoms with Crippen molar-refractivity contribution in [3.05, 3.63) is 71.0 Å². The van der Waals surface area contributed by atoms with Crippen molar-refractivity contribution in [2.24, 2.45) is 0 Å². The van der Waals surface area contributed by atoms with Gasteiger partial charge in [0, 0.05) is 23.7 Å². The Morgan fingerprint density at radius 2 is 2.00 bits per heavy atom. The van der Waals surface area contributed by atoms with Crippen molar-refractivity contribution in [1.82, 2.24) is 14.5 Å². The molecule has 2 heterocycles.